The number of nitrogens with zero attached hydrogens (tertiary/aromatic N) is 4. The maximum absolute atomic E-state index is 11.3. The van der Waals surface area contributed by atoms with Gasteiger partial charge in [0.1, 0.15) is 11.3 Å². The third kappa shape index (κ3) is 3.05. The van der Waals surface area contributed by atoms with Crippen molar-refractivity contribution in [3.8, 4) is 11.4 Å². The first-order chi connectivity index (χ1) is 15.0. The van der Waals surface area contributed by atoms with Crippen LogP contribution >= 0.6 is 0 Å². The Labute approximate surface area is 180 Å². The molecule has 31 heavy (non-hydrogen) atoms. The quantitative estimate of drug-likeness (QED) is 0.537. The number of fused-ring (bicyclic) bond motifs is 3. The van der Waals surface area contributed by atoms with Crippen molar-refractivity contribution >= 4 is 16.7 Å². The minimum Gasteiger partial charge on any atom is -0.385 e. The van der Waals surface area contributed by atoms with Crippen molar-refractivity contribution in [1.82, 2.24) is 19.4 Å². The molecule has 1 saturated heterocycles. The molecule has 1 aromatic carbocycles. The van der Waals surface area contributed by atoms with E-state index in [2.05, 4.69) is 35.6 Å². The van der Waals surface area contributed by atoms with Crippen LogP contribution in [0.15, 0.2) is 36.5 Å². The second kappa shape index (κ2) is 6.84. The molecule has 0 amide bonds. The van der Waals surface area contributed by atoms with Gasteiger partial charge in [-0.25, -0.2) is 15.0 Å². The number of aromatic nitrogens is 4. The Morgan fingerprint density at radius 3 is 2.65 bits per heavy atom. The van der Waals surface area contributed by atoms with Crippen LogP contribution in [0.25, 0.3) is 28.1 Å². The molecule has 158 valence electrons. The molecule has 0 atom stereocenters. The average molecular weight is 415 g/mol. The van der Waals surface area contributed by atoms with E-state index in [9.17, 15) is 5.11 Å². The Hall–Kier alpha value is -2.83. The summed E-state index contributed by atoms with van der Waals surface area (Å²) < 4.78 is 7.62. The van der Waals surface area contributed by atoms with Gasteiger partial charge in [0.2, 0.25) is 0 Å². The van der Waals surface area contributed by atoms with Gasteiger partial charge in [-0.2, -0.15) is 0 Å². The van der Waals surface area contributed by atoms with E-state index in [0.29, 0.717) is 32.0 Å². The highest BCUT2D eigenvalue weighted by atomic mass is 16.5. The lowest BCUT2D eigenvalue weighted by Gasteiger charge is -2.33. The maximum Gasteiger partial charge on any atom is 0.165 e. The van der Waals surface area contributed by atoms with Crippen LogP contribution in [0, 0.1) is 13.8 Å². The monoisotopic (exact) mass is 414 g/mol. The average Bonchev–Trinajstić information content (AvgIpc) is 3.53. The zero-order valence-electron chi connectivity index (χ0n) is 17.9. The Balaban J connectivity index is 1.58. The Kier molecular flexibility index (Phi) is 4.17. The first-order valence-corrected chi connectivity index (χ1v) is 11.1. The lowest BCUT2D eigenvalue weighted by atomic mass is 9.85. The Morgan fingerprint density at radius 2 is 1.87 bits per heavy atom. The molecule has 2 aliphatic rings. The van der Waals surface area contributed by atoms with Gasteiger partial charge in [0.25, 0.3) is 0 Å². The standard InChI is InChI=1S/C25H26N4O2/c1-15-3-6-18(25(30)9-11-31-12-10-25)13-19(15)23-26-14-22-16(2)27-21-8-7-20(17-4-5-17)28-24(21)29(22)23/h3,6-8,13-14,17,30H,4-5,9-12H2,1-2H3. The van der Waals surface area contributed by atoms with Gasteiger partial charge >= 0.3 is 0 Å². The number of pyridine rings is 1. The Bertz CT molecular complexity index is 1320. The largest absolute Gasteiger partial charge is 0.385 e. The molecule has 4 aromatic rings. The molecule has 6 heteroatoms. The summed E-state index contributed by atoms with van der Waals surface area (Å²) in [4.78, 5) is 14.6. The highest BCUT2D eigenvalue weighted by molar-refractivity contribution is 5.80. The third-order valence-electron chi connectivity index (χ3n) is 6.84. The number of imidazole rings is 1. The van der Waals surface area contributed by atoms with Crippen LogP contribution < -0.4 is 0 Å². The summed E-state index contributed by atoms with van der Waals surface area (Å²) >= 11 is 0. The van der Waals surface area contributed by atoms with Crippen molar-refractivity contribution in [3.05, 3.63) is 59.0 Å². The van der Waals surface area contributed by atoms with E-state index in [1.54, 1.807) is 0 Å². The third-order valence-corrected chi connectivity index (χ3v) is 6.84. The Morgan fingerprint density at radius 1 is 1.06 bits per heavy atom. The second-order valence-electron chi connectivity index (χ2n) is 9.03. The molecule has 0 unspecified atom stereocenters. The van der Waals surface area contributed by atoms with E-state index >= 15 is 0 Å². The normalized spacial score (nSPS) is 18.7. The molecule has 1 N–H and O–H groups in total. The van der Waals surface area contributed by atoms with Gasteiger partial charge in [0, 0.05) is 43.2 Å². The van der Waals surface area contributed by atoms with Crippen LogP contribution in [0.2, 0.25) is 0 Å². The smallest absolute Gasteiger partial charge is 0.165 e. The molecule has 1 aliphatic heterocycles. The summed E-state index contributed by atoms with van der Waals surface area (Å²) in [6, 6.07) is 10.4. The number of hydrogen-bond donors (Lipinski definition) is 1. The molecule has 1 saturated carbocycles. The summed E-state index contributed by atoms with van der Waals surface area (Å²) in [7, 11) is 0. The molecule has 6 nitrogen and oxygen atoms in total. The fourth-order valence-corrected chi connectivity index (χ4v) is 4.71. The van der Waals surface area contributed by atoms with E-state index < -0.39 is 5.60 Å². The van der Waals surface area contributed by atoms with Gasteiger partial charge in [0.05, 0.1) is 23.0 Å². The van der Waals surface area contributed by atoms with Crippen LogP contribution in [0.3, 0.4) is 0 Å². The highest BCUT2D eigenvalue weighted by Crippen LogP contribution is 2.40. The molecular weight excluding hydrogens is 388 g/mol. The van der Waals surface area contributed by atoms with Crippen molar-refractivity contribution < 1.29 is 9.84 Å². The molecule has 1 aliphatic carbocycles. The topological polar surface area (TPSA) is 72.5 Å². The molecule has 2 fully saturated rings. The van der Waals surface area contributed by atoms with Crippen LogP contribution in [-0.4, -0.2) is 37.7 Å². The number of aliphatic hydroxyl groups is 1. The number of ether oxygens (including phenoxy) is 1. The molecule has 3 aromatic heterocycles. The van der Waals surface area contributed by atoms with Crippen LogP contribution in [0.1, 0.15) is 54.1 Å². The number of hydrogen-bond acceptors (Lipinski definition) is 5. The minimum atomic E-state index is -0.856. The van der Waals surface area contributed by atoms with Crippen molar-refractivity contribution in [1.29, 1.82) is 0 Å². The summed E-state index contributed by atoms with van der Waals surface area (Å²) in [6.45, 7) is 5.27. The van der Waals surface area contributed by atoms with E-state index in [-0.39, 0.29) is 0 Å². The highest BCUT2D eigenvalue weighted by Gasteiger charge is 2.32. The summed E-state index contributed by atoms with van der Waals surface area (Å²) in [5.41, 5.74) is 6.98. The van der Waals surface area contributed by atoms with Gasteiger partial charge in [-0.3, -0.25) is 4.40 Å². The van der Waals surface area contributed by atoms with E-state index in [4.69, 9.17) is 19.7 Å². The van der Waals surface area contributed by atoms with Crippen LogP contribution in [0.4, 0.5) is 0 Å². The molecule has 6 rings (SSSR count). The van der Waals surface area contributed by atoms with E-state index in [1.165, 1.54) is 12.8 Å². The molecule has 4 heterocycles. The summed E-state index contributed by atoms with van der Waals surface area (Å²) in [6.07, 6.45) is 5.52. The second-order valence-corrected chi connectivity index (χ2v) is 9.03. The predicted molar refractivity (Wildman–Crippen MR) is 119 cm³/mol. The lowest BCUT2D eigenvalue weighted by molar-refractivity contribution is -0.0679. The fourth-order valence-electron chi connectivity index (χ4n) is 4.71. The first kappa shape index (κ1) is 18.9. The maximum atomic E-state index is 11.3. The number of benzene rings is 1. The van der Waals surface area contributed by atoms with Crippen LogP contribution in [-0.2, 0) is 10.3 Å². The molecule has 0 radical (unpaired) electrons. The van der Waals surface area contributed by atoms with Gasteiger partial charge in [-0.05, 0) is 56.0 Å². The fraction of sp³-hybridized carbons (Fsp3) is 0.400. The zero-order chi connectivity index (χ0) is 21.2. The van der Waals surface area contributed by atoms with Gasteiger partial charge < -0.3 is 9.84 Å². The number of aryl methyl sites for hydroxylation is 2. The first-order valence-electron chi connectivity index (χ1n) is 11.1. The SMILES string of the molecule is Cc1ccc(C2(O)CCOCC2)cc1-c1ncc2c(C)nc3ccc(C4CC4)nc3n12. The van der Waals surface area contributed by atoms with E-state index in [0.717, 1.165) is 50.6 Å². The van der Waals surface area contributed by atoms with Gasteiger partial charge in [-0.15, -0.1) is 0 Å². The van der Waals surface area contributed by atoms with Crippen molar-refractivity contribution in [3.63, 3.8) is 0 Å². The summed E-state index contributed by atoms with van der Waals surface area (Å²) in [5, 5.41) is 11.3. The molecule has 0 bridgehead atoms. The summed E-state index contributed by atoms with van der Waals surface area (Å²) in [5.74, 6) is 1.42. The molecular formula is C25H26N4O2. The van der Waals surface area contributed by atoms with E-state index in [1.807, 2.05) is 19.2 Å². The van der Waals surface area contributed by atoms with Gasteiger partial charge in [0.15, 0.2) is 5.65 Å². The van der Waals surface area contributed by atoms with Crippen LogP contribution in [0.5, 0.6) is 0 Å². The van der Waals surface area contributed by atoms with Crippen molar-refractivity contribution in [2.45, 2.75) is 51.0 Å². The van der Waals surface area contributed by atoms with Crippen molar-refractivity contribution in [2.75, 3.05) is 13.2 Å². The zero-order valence-corrected chi connectivity index (χ0v) is 17.9. The van der Waals surface area contributed by atoms with Crippen molar-refractivity contribution in [2.24, 2.45) is 0 Å². The number of rotatable bonds is 3. The van der Waals surface area contributed by atoms with Gasteiger partial charge in [-0.1, -0.05) is 12.1 Å². The predicted octanol–water partition coefficient (Wildman–Crippen LogP) is 4.44. The lowest BCUT2D eigenvalue weighted by Crippen LogP contribution is -2.33. The molecule has 0 spiro atoms. The minimum absolute atomic E-state index is 0.570.